The molecule has 0 amide bonds. The number of carbonyl (C=O) groups excluding carboxylic acids is 1. The molecule has 0 fully saturated rings. The number of carbonyl (C=O) groups is 1. The Bertz CT molecular complexity index is 567. The second-order valence-corrected chi connectivity index (χ2v) is 6.36. The van der Waals surface area contributed by atoms with Crippen LogP contribution in [0.25, 0.3) is 0 Å². The van der Waals surface area contributed by atoms with Crippen LogP contribution in [0.1, 0.15) is 27.7 Å². The molecule has 0 unspecified atom stereocenters. The fraction of sp³-hybridized carbons (Fsp3) is 0.348. The lowest BCUT2D eigenvalue weighted by Crippen LogP contribution is -2.22. The van der Waals surface area contributed by atoms with Crippen LogP contribution in [0, 0.1) is 11.8 Å². The van der Waals surface area contributed by atoms with Crippen LogP contribution in [0.15, 0.2) is 73.3 Å². The lowest BCUT2D eigenvalue weighted by atomic mass is 10.1. The maximum absolute atomic E-state index is 10.5. The molecule has 0 N–H and O–H groups in total. The Morgan fingerprint density at radius 2 is 1.12 bits per heavy atom. The van der Waals surface area contributed by atoms with Crippen molar-refractivity contribution in [1.82, 2.24) is 0 Å². The van der Waals surface area contributed by atoms with Crippen molar-refractivity contribution in [3.05, 3.63) is 73.3 Å². The second-order valence-electron chi connectivity index (χ2n) is 6.36. The maximum Gasteiger partial charge on any atom is 0.126 e. The largest absolute Gasteiger partial charge is 0.490 e. The summed E-state index contributed by atoms with van der Waals surface area (Å²) in [5.41, 5.74) is 0. The lowest BCUT2D eigenvalue weighted by Gasteiger charge is -2.18. The van der Waals surface area contributed by atoms with E-state index in [4.69, 9.17) is 9.47 Å². The Kier molecular flexibility index (Phi) is 9.85. The van der Waals surface area contributed by atoms with Gasteiger partial charge in [-0.25, -0.2) is 0 Å². The molecule has 2 rings (SSSR count). The van der Waals surface area contributed by atoms with E-state index in [2.05, 4.69) is 20.4 Å². The highest BCUT2D eigenvalue weighted by Crippen LogP contribution is 2.15. The molecule has 3 heteroatoms. The van der Waals surface area contributed by atoms with Gasteiger partial charge >= 0.3 is 0 Å². The van der Waals surface area contributed by atoms with Crippen molar-refractivity contribution in [2.45, 2.75) is 39.9 Å². The Balaban J connectivity index is 0.000000260. The normalized spacial score (nSPS) is 14.6. The number of hydrogen-bond acceptors (Lipinski definition) is 3. The fourth-order valence-corrected chi connectivity index (χ4v) is 1.94. The summed E-state index contributed by atoms with van der Waals surface area (Å²) in [7, 11) is 0. The molecule has 0 heterocycles. The molecule has 0 radical (unpaired) electrons. The third-order valence-corrected chi connectivity index (χ3v) is 4.20. The predicted molar refractivity (Wildman–Crippen MR) is 108 cm³/mol. The van der Waals surface area contributed by atoms with Crippen LogP contribution in [0.5, 0.6) is 11.5 Å². The van der Waals surface area contributed by atoms with E-state index in [1.54, 1.807) is 0 Å². The first-order valence-electron chi connectivity index (χ1n) is 8.99. The van der Waals surface area contributed by atoms with E-state index < -0.39 is 0 Å². The van der Waals surface area contributed by atoms with Crippen molar-refractivity contribution < 1.29 is 14.3 Å². The highest BCUT2D eigenvalue weighted by atomic mass is 16.5. The van der Waals surface area contributed by atoms with E-state index >= 15 is 0 Å². The minimum Gasteiger partial charge on any atom is -0.490 e. The summed E-state index contributed by atoms with van der Waals surface area (Å²) >= 11 is 0. The van der Waals surface area contributed by atoms with Gasteiger partial charge in [-0.05, 0) is 38.1 Å². The Morgan fingerprint density at radius 1 is 0.731 bits per heavy atom. The van der Waals surface area contributed by atoms with Crippen LogP contribution in [-0.2, 0) is 4.79 Å². The topological polar surface area (TPSA) is 35.5 Å². The molecule has 2 aromatic rings. The first kappa shape index (κ1) is 21.5. The van der Waals surface area contributed by atoms with Gasteiger partial charge in [-0.15, -0.1) is 6.58 Å². The zero-order valence-corrected chi connectivity index (χ0v) is 16.2. The van der Waals surface area contributed by atoms with Gasteiger partial charge in [0.15, 0.2) is 0 Å². The van der Waals surface area contributed by atoms with E-state index in [-0.39, 0.29) is 18.1 Å². The molecule has 0 bridgehead atoms. The summed E-state index contributed by atoms with van der Waals surface area (Å²) in [5, 5.41) is 0. The minimum atomic E-state index is -0.0695. The number of benzene rings is 2. The molecule has 0 spiro atoms. The predicted octanol–water partition coefficient (Wildman–Crippen LogP) is 5.56. The van der Waals surface area contributed by atoms with Crippen LogP contribution >= 0.6 is 0 Å². The summed E-state index contributed by atoms with van der Waals surface area (Å²) in [6.07, 6.45) is 2.93. The van der Waals surface area contributed by atoms with Crippen molar-refractivity contribution in [3.63, 3.8) is 0 Å². The molecule has 26 heavy (non-hydrogen) atoms. The molecule has 0 aliphatic carbocycles. The van der Waals surface area contributed by atoms with E-state index in [9.17, 15) is 4.79 Å². The highest BCUT2D eigenvalue weighted by Gasteiger charge is 2.12. The van der Waals surface area contributed by atoms with Crippen LogP contribution in [-0.4, -0.2) is 18.5 Å². The van der Waals surface area contributed by atoms with Gasteiger partial charge in [0.1, 0.15) is 30.0 Å². The summed E-state index contributed by atoms with van der Waals surface area (Å²) < 4.78 is 11.2. The number of hydrogen-bond donors (Lipinski definition) is 0. The third-order valence-electron chi connectivity index (χ3n) is 4.20. The quantitative estimate of drug-likeness (QED) is 0.459. The second kappa shape index (κ2) is 11.9. The van der Waals surface area contributed by atoms with Gasteiger partial charge in [0, 0.05) is 11.8 Å². The van der Waals surface area contributed by atoms with E-state index in [1.807, 2.05) is 80.6 Å². The Labute approximate surface area is 157 Å². The van der Waals surface area contributed by atoms with E-state index in [0.29, 0.717) is 5.92 Å². The molecule has 3 nitrogen and oxygen atoms in total. The van der Waals surface area contributed by atoms with Gasteiger partial charge in [-0.1, -0.05) is 56.3 Å². The SMILES string of the molecule is C=C[C@@H](C)[C@H](C)Oc1ccccc1.C[C@H](C=O)[C@H](C)Oc1ccccc1. The monoisotopic (exact) mass is 354 g/mol. The fourth-order valence-electron chi connectivity index (χ4n) is 1.94. The van der Waals surface area contributed by atoms with Gasteiger partial charge in [0.05, 0.1) is 0 Å². The van der Waals surface area contributed by atoms with Crippen molar-refractivity contribution in [1.29, 1.82) is 0 Å². The third kappa shape index (κ3) is 8.02. The van der Waals surface area contributed by atoms with Crippen LogP contribution in [0.4, 0.5) is 0 Å². The zero-order chi connectivity index (χ0) is 19.4. The summed E-state index contributed by atoms with van der Waals surface area (Å²) in [6, 6.07) is 19.4. The molecule has 140 valence electrons. The molecule has 2 aromatic carbocycles. The van der Waals surface area contributed by atoms with Crippen molar-refractivity contribution in [3.8, 4) is 11.5 Å². The molecule has 0 aliphatic rings. The number of aldehydes is 1. The van der Waals surface area contributed by atoms with Gasteiger partial charge < -0.3 is 14.3 Å². The summed E-state index contributed by atoms with van der Waals surface area (Å²) in [5.74, 6) is 2.04. The molecule has 0 saturated carbocycles. The summed E-state index contributed by atoms with van der Waals surface area (Å²) in [6.45, 7) is 11.6. The summed E-state index contributed by atoms with van der Waals surface area (Å²) in [4.78, 5) is 10.5. The molecular formula is C23H30O3. The van der Waals surface area contributed by atoms with Crippen LogP contribution < -0.4 is 9.47 Å². The Hall–Kier alpha value is -2.55. The number of ether oxygens (including phenoxy) is 2. The number of rotatable bonds is 8. The van der Waals surface area contributed by atoms with Gasteiger partial charge in [-0.3, -0.25) is 0 Å². The Morgan fingerprint density at radius 3 is 1.46 bits per heavy atom. The van der Waals surface area contributed by atoms with Crippen LogP contribution in [0.3, 0.4) is 0 Å². The maximum atomic E-state index is 10.5. The average Bonchev–Trinajstić information content (AvgIpc) is 2.68. The van der Waals surface area contributed by atoms with Crippen molar-refractivity contribution >= 4 is 6.29 Å². The number of para-hydroxylation sites is 2. The average molecular weight is 354 g/mol. The minimum absolute atomic E-state index is 0.0693. The molecule has 0 aromatic heterocycles. The van der Waals surface area contributed by atoms with E-state index in [1.165, 1.54) is 0 Å². The molecule has 0 saturated heterocycles. The highest BCUT2D eigenvalue weighted by molar-refractivity contribution is 5.53. The van der Waals surface area contributed by atoms with Crippen molar-refractivity contribution in [2.75, 3.05) is 0 Å². The van der Waals surface area contributed by atoms with Crippen LogP contribution in [0.2, 0.25) is 0 Å². The standard InChI is InChI=1S/C12H16O.C11H14O2/c1-4-10(2)11(3)13-12-8-6-5-7-9-12;1-9(8-12)10(2)13-11-6-4-3-5-7-11/h4-11H,1H2,2-3H3;3-10H,1-2H3/t10-,11+;9-,10+/m11/s1. The molecular weight excluding hydrogens is 324 g/mol. The smallest absolute Gasteiger partial charge is 0.126 e. The van der Waals surface area contributed by atoms with E-state index in [0.717, 1.165) is 17.8 Å². The van der Waals surface area contributed by atoms with Gasteiger partial charge in [0.2, 0.25) is 0 Å². The first-order valence-corrected chi connectivity index (χ1v) is 8.99. The molecule has 0 aliphatic heterocycles. The van der Waals surface area contributed by atoms with Gasteiger partial charge in [0.25, 0.3) is 0 Å². The molecule has 4 atom stereocenters. The first-order chi connectivity index (χ1) is 12.5. The lowest BCUT2D eigenvalue weighted by molar-refractivity contribution is -0.112. The van der Waals surface area contributed by atoms with Crippen molar-refractivity contribution in [2.24, 2.45) is 11.8 Å². The zero-order valence-electron chi connectivity index (χ0n) is 16.2. The van der Waals surface area contributed by atoms with Gasteiger partial charge in [-0.2, -0.15) is 0 Å².